The van der Waals surface area contributed by atoms with Gasteiger partial charge in [-0.1, -0.05) is 11.3 Å². The topological polar surface area (TPSA) is 106 Å². The van der Waals surface area contributed by atoms with Gasteiger partial charge in [0.05, 0.1) is 26.7 Å². The minimum atomic E-state index is -0.468. The van der Waals surface area contributed by atoms with Gasteiger partial charge in [-0.3, -0.25) is 20.2 Å². The maximum Gasteiger partial charge on any atom is 0.270 e. The summed E-state index contributed by atoms with van der Waals surface area (Å²) in [6, 6.07) is 9.27. The van der Waals surface area contributed by atoms with Crippen LogP contribution in [-0.4, -0.2) is 28.0 Å². The molecule has 8 nitrogen and oxygen atoms in total. The molecule has 0 bridgehead atoms. The van der Waals surface area contributed by atoms with Crippen LogP contribution >= 0.6 is 39.5 Å². The number of nitro groups is 1. The summed E-state index contributed by atoms with van der Waals surface area (Å²) in [6.45, 7) is 0. The van der Waals surface area contributed by atoms with E-state index in [0.717, 1.165) is 0 Å². The molecule has 0 radical (unpaired) electrons. The quantitative estimate of drug-likeness (QED) is 0.338. The molecule has 0 fully saturated rings. The van der Waals surface area contributed by atoms with Crippen LogP contribution in [0.25, 0.3) is 10.2 Å². The molecule has 3 rings (SSSR count). The van der Waals surface area contributed by atoms with E-state index in [1.54, 1.807) is 24.3 Å². The van der Waals surface area contributed by atoms with Crippen LogP contribution in [0.3, 0.4) is 0 Å². The maximum atomic E-state index is 12.3. The van der Waals surface area contributed by atoms with Crippen molar-refractivity contribution >= 4 is 71.5 Å². The number of fused-ring (bicyclic) bond motifs is 1. The fourth-order valence-corrected chi connectivity index (χ4v) is 3.89. The van der Waals surface area contributed by atoms with Crippen molar-refractivity contribution in [2.24, 2.45) is 0 Å². The minimum Gasteiger partial charge on any atom is -0.496 e. The van der Waals surface area contributed by atoms with Crippen molar-refractivity contribution in [1.29, 1.82) is 0 Å². The number of non-ortho nitro benzene ring substituents is 1. The van der Waals surface area contributed by atoms with Crippen LogP contribution in [0.4, 0.5) is 10.8 Å². The number of anilines is 1. The van der Waals surface area contributed by atoms with Crippen molar-refractivity contribution < 1.29 is 14.5 Å². The first-order chi connectivity index (χ1) is 12.9. The van der Waals surface area contributed by atoms with Crippen LogP contribution in [0.2, 0.25) is 0 Å². The number of amides is 1. The predicted molar refractivity (Wildman–Crippen MR) is 111 cm³/mol. The van der Waals surface area contributed by atoms with Crippen LogP contribution in [0.5, 0.6) is 5.75 Å². The number of methoxy groups -OCH3 is 1. The number of aromatic nitrogens is 1. The number of benzene rings is 2. The van der Waals surface area contributed by atoms with E-state index in [-0.39, 0.29) is 10.8 Å². The maximum absolute atomic E-state index is 12.3. The van der Waals surface area contributed by atoms with Gasteiger partial charge in [0, 0.05) is 17.7 Å². The molecule has 3 aromatic rings. The van der Waals surface area contributed by atoms with E-state index in [1.807, 2.05) is 0 Å². The monoisotopic (exact) mass is 466 g/mol. The highest BCUT2D eigenvalue weighted by Gasteiger charge is 2.13. The van der Waals surface area contributed by atoms with Gasteiger partial charge in [0.2, 0.25) is 0 Å². The summed E-state index contributed by atoms with van der Waals surface area (Å²) in [7, 11) is 1.53. The molecule has 27 heavy (non-hydrogen) atoms. The Morgan fingerprint density at radius 1 is 1.33 bits per heavy atom. The first-order valence-electron chi connectivity index (χ1n) is 7.38. The van der Waals surface area contributed by atoms with E-state index in [2.05, 4.69) is 31.5 Å². The Morgan fingerprint density at radius 3 is 2.78 bits per heavy atom. The van der Waals surface area contributed by atoms with E-state index in [4.69, 9.17) is 17.0 Å². The number of ether oxygens (including phenoxy) is 1. The molecule has 0 saturated carbocycles. The molecule has 11 heteroatoms. The number of hydrogen-bond donors (Lipinski definition) is 2. The highest BCUT2D eigenvalue weighted by Crippen LogP contribution is 2.29. The molecule has 2 N–H and O–H groups in total. The molecule has 2 aromatic carbocycles. The number of halogens is 1. The van der Waals surface area contributed by atoms with Crippen LogP contribution in [0.1, 0.15) is 10.4 Å². The predicted octanol–water partition coefficient (Wildman–Crippen LogP) is 4.10. The zero-order chi connectivity index (χ0) is 19.6. The number of rotatable bonds is 4. The van der Waals surface area contributed by atoms with Crippen molar-refractivity contribution in [2.75, 3.05) is 12.4 Å². The van der Waals surface area contributed by atoms with Gasteiger partial charge in [-0.2, -0.15) is 0 Å². The van der Waals surface area contributed by atoms with E-state index < -0.39 is 10.8 Å². The standard InChI is InChI=1S/C16H11BrN4O4S2/c1-25-12-5-2-8(6-10(12)17)14(22)19-15(26)20-16-18-11-4-3-9(21(23)24)7-13(11)27-16/h2-7H,1H3,(H2,18,19,20,22,26). The van der Waals surface area contributed by atoms with E-state index >= 15 is 0 Å². The molecular formula is C16H11BrN4O4S2. The number of thiocarbonyl (C=S) groups is 1. The molecule has 1 heterocycles. The van der Waals surface area contributed by atoms with E-state index in [0.29, 0.717) is 31.1 Å². The van der Waals surface area contributed by atoms with E-state index in [1.165, 1.54) is 30.6 Å². The first kappa shape index (κ1) is 19.1. The van der Waals surface area contributed by atoms with Gasteiger partial charge in [-0.15, -0.1) is 0 Å². The summed E-state index contributed by atoms with van der Waals surface area (Å²) >= 11 is 9.66. The summed E-state index contributed by atoms with van der Waals surface area (Å²) in [5, 5.41) is 16.7. The summed E-state index contributed by atoms with van der Waals surface area (Å²) < 4.78 is 6.41. The Balaban J connectivity index is 1.70. The number of nitrogens with one attached hydrogen (secondary N) is 2. The Labute approximate surface area is 170 Å². The molecule has 0 unspecified atom stereocenters. The average molecular weight is 467 g/mol. The Kier molecular flexibility index (Phi) is 5.63. The third kappa shape index (κ3) is 4.38. The number of nitro benzene ring substituents is 1. The van der Waals surface area contributed by atoms with Crippen LogP contribution in [0.15, 0.2) is 40.9 Å². The third-order valence-electron chi connectivity index (χ3n) is 3.44. The van der Waals surface area contributed by atoms with Crippen LogP contribution < -0.4 is 15.4 Å². The van der Waals surface area contributed by atoms with Gasteiger partial charge < -0.3 is 10.1 Å². The molecule has 0 saturated heterocycles. The number of hydrogen-bond acceptors (Lipinski definition) is 7. The average Bonchev–Trinajstić information content (AvgIpc) is 3.02. The highest BCUT2D eigenvalue weighted by atomic mass is 79.9. The Bertz CT molecular complexity index is 1070. The molecular weight excluding hydrogens is 456 g/mol. The Morgan fingerprint density at radius 2 is 2.11 bits per heavy atom. The number of nitrogens with zero attached hydrogens (tertiary/aromatic N) is 2. The van der Waals surface area contributed by atoms with Gasteiger partial charge >= 0.3 is 0 Å². The molecule has 138 valence electrons. The summed E-state index contributed by atoms with van der Waals surface area (Å²) in [6.07, 6.45) is 0. The van der Waals surface area contributed by atoms with Gasteiger partial charge in [0.1, 0.15) is 5.75 Å². The minimum absolute atomic E-state index is 0.0151. The molecule has 1 amide bonds. The first-order valence-corrected chi connectivity index (χ1v) is 9.40. The lowest BCUT2D eigenvalue weighted by Gasteiger charge is -2.08. The molecule has 0 aliphatic carbocycles. The van der Waals surface area contributed by atoms with Crippen LogP contribution in [0, 0.1) is 10.1 Å². The summed E-state index contributed by atoms with van der Waals surface area (Å²) in [5.74, 6) is 0.212. The summed E-state index contributed by atoms with van der Waals surface area (Å²) in [4.78, 5) is 27.0. The smallest absolute Gasteiger partial charge is 0.270 e. The van der Waals surface area contributed by atoms with Gasteiger partial charge in [0.15, 0.2) is 10.2 Å². The van der Waals surface area contributed by atoms with Gasteiger partial charge in [-0.05, 0) is 52.4 Å². The van der Waals surface area contributed by atoms with Crippen molar-refractivity contribution in [2.45, 2.75) is 0 Å². The fourth-order valence-electron chi connectivity index (χ4n) is 2.19. The summed E-state index contributed by atoms with van der Waals surface area (Å²) in [5.41, 5.74) is 0.978. The number of thiazole rings is 1. The third-order valence-corrected chi connectivity index (χ3v) is 5.20. The zero-order valence-corrected chi connectivity index (χ0v) is 16.9. The van der Waals surface area contributed by atoms with Gasteiger partial charge in [-0.25, -0.2) is 4.98 Å². The second kappa shape index (κ2) is 7.94. The highest BCUT2D eigenvalue weighted by molar-refractivity contribution is 9.10. The molecule has 1 aromatic heterocycles. The van der Waals surface area contributed by atoms with E-state index in [9.17, 15) is 14.9 Å². The second-order valence-corrected chi connectivity index (χ2v) is 7.48. The zero-order valence-electron chi connectivity index (χ0n) is 13.7. The van der Waals surface area contributed by atoms with Crippen molar-refractivity contribution in [3.05, 3.63) is 56.5 Å². The van der Waals surface area contributed by atoms with Crippen molar-refractivity contribution in [3.63, 3.8) is 0 Å². The molecule has 0 spiro atoms. The van der Waals surface area contributed by atoms with Crippen LogP contribution in [-0.2, 0) is 0 Å². The molecule has 0 aliphatic rings. The molecule has 0 aliphatic heterocycles. The van der Waals surface area contributed by atoms with Crippen molar-refractivity contribution in [3.8, 4) is 5.75 Å². The normalized spacial score (nSPS) is 10.4. The fraction of sp³-hybridized carbons (Fsp3) is 0.0625. The van der Waals surface area contributed by atoms with Gasteiger partial charge in [0.25, 0.3) is 11.6 Å². The lowest BCUT2D eigenvalue weighted by Crippen LogP contribution is -2.34. The number of carbonyl (C=O) groups excluding carboxylic acids is 1. The lowest BCUT2D eigenvalue weighted by molar-refractivity contribution is -0.384. The second-order valence-electron chi connectivity index (χ2n) is 5.19. The number of carbonyl (C=O) groups is 1. The van der Waals surface area contributed by atoms with Crippen molar-refractivity contribution in [1.82, 2.24) is 10.3 Å². The Hall–Kier alpha value is -2.63. The SMILES string of the molecule is COc1ccc(C(=O)NC(=S)Nc2nc3ccc([N+](=O)[O-])cc3s2)cc1Br. The lowest BCUT2D eigenvalue weighted by atomic mass is 10.2. The molecule has 0 atom stereocenters. The largest absolute Gasteiger partial charge is 0.496 e.